The monoisotopic (exact) mass is 532 g/mol. The molecule has 8 nitrogen and oxygen atoms in total. The van der Waals surface area contributed by atoms with Gasteiger partial charge in [-0.1, -0.05) is 30.3 Å². The quantitative estimate of drug-likeness (QED) is 0.262. The fourth-order valence-corrected chi connectivity index (χ4v) is 4.87. The molecule has 1 N–H and O–H groups in total. The summed E-state index contributed by atoms with van der Waals surface area (Å²) in [7, 11) is 1.34. The number of ketones is 1. The number of carbonyl (C=O) groups is 2. The summed E-state index contributed by atoms with van der Waals surface area (Å²) in [5.74, 6) is -1.57. The Morgan fingerprint density at radius 1 is 0.974 bits per heavy atom. The number of methoxy groups -OCH3 is 1. The number of aliphatic hydroxyl groups excluding tert-OH is 1. The third kappa shape index (κ3) is 5.64. The number of aliphatic hydroxyl groups is 1. The van der Waals surface area contributed by atoms with E-state index < -0.39 is 29.3 Å². The van der Waals surface area contributed by atoms with Crippen molar-refractivity contribution in [3.63, 3.8) is 0 Å². The fraction of sp³-hybridized carbons (Fsp3) is 0.267. The van der Waals surface area contributed by atoms with Crippen LogP contribution in [0.4, 0.5) is 4.39 Å². The first kappa shape index (κ1) is 26.4. The summed E-state index contributed by atoms with van der Waals surface area (Å²) in [4.78, 5) is 30.3. The van der Waals surface area contributed by atoms with Crippen molar-refractivity contribution in [2.45, 2.75) is 6.04 Å². The number of morpholine rings is 1. The molecule has 0 saturated carbocycles. The summed E-state index contributed by atoms with van der Waals surface area (Å²) in [6.07, 6.45) is 0. The van der Waals surface area contributed by atoms with Gasteiger partial charge < -0.3 is 24.2 Å². The zero-order valence-electron chi connectivity index (χ0n) is 21.5. The molecule has 0 radical (unpaired) electrons. The molecule has 3 aromatic rings. The number of halogens is 1. The Balaban J connectivity index is 1.55. The van der Waals surface area contributed by atoms with E-state index in [9.17, 15) is 19.1 Å². The summed E-state index contributed by atoms with van der Waals surface area (Å²) in [5.41, 5.74) is 0.546. The van der Waals surface area contributed by atoms with Crippen LogP contribution in [0.25, 0.3) is 5.76 Å². The number of rotatable bonds is 8. The maximum Gasteiger partial charge on any atom is 0.295 e. The molecule has 1 amide bonds. The highest BCUT2D eigenvalue weighted by atomic mass is 19.1. The summed E-state index contributed by atoms with van der Waals surface area (Å²) < 4.78 is 30.9. The van der Waals surface area contributed by atoms with Gasteiger partial charge in [-0.25, -0.2) is 4.39 Å². The number of benzene rings is 3. The van der Waals surface area contributed by atoms with E-state index in [1.165, 1.54) is 24.1 Å². The van der Waals surface area contributed by atoms with Crippen molar-refractivity contribution in [1.82, 2.24) is 9.80 Å². The second kappa shape index (κ2) is 11.7. The molecular formula is C30H29FN2O6. The number of Topliss-reactive ketones (excluding diaryl/α,β-unsaturated/α-hetero) is 1. The Kier molecular flexibility index (Phi) is 7.90. The van der Waals surface area contributed by atoms with Crippen LogP contribution in [0, 0.1) is 5.82 Å². The van der Waals surface area contributed by atoms with Crippen molar-refractivity contribution in [3.05, 3.63) is 95.3 Å². The molecule has 0 aromatic heterocycles. The zero-order chi connectivity index (χ0) is 27.4. The summed E-state index contributed by atoms with van der Waals surface area (Å²) >= 11 is 0. The van der Waals surface area contributed by atoms with E-state index in [-0.39, 0.29) is 23.4 Å². The number of hydrogen-bond acceptors (Lipinski definition) is 7. The van der Waals surface area contributed by atoms with Crippen molar-refractivity contribution in [2.24, 2.45) is 0 Å². The Bertz CT molecular complexity index is 1390. The van der Waals surface area contributed by atoms with E-state index in [0.717, 1.165) is 19.2 Å². The zero-order valence-corrected chi connectivity index (χ0v) is 21.5. The smallest absolute Gasteiger partial charge is 0.295 e. The van der Waals surface area contributed by atoms with Gasteiger partial charge in [0.15, 0.2) is 11.6 Å². The van der Waals surface area contributed by atoms with Gasteiger partial charge in [0.2, 0.25) is 0 Å². The van der Waals surface area contributed by atoms with Crippen LogP contribution in [-0.2, 0) is 14.3 Å². The standard InChI is InChI=1S/C30H29FN2O6/c1-37-25-11-10-21(19-24(25)31)28(34)26-27(20-6-5-9-23(18-20)39-22-7-3-2-4-8-22)33(30(36)29(26)35)13-12-32-14-16-38-17-15-32/h2-11,18-19,27,34H,12-17H2,1H3. The summed E-state index contributed by atoms with van der Waals surface area (Å²) in [6, 6.07) is 19.3. The van der Waals surface area contributed by atoms with Gasteiger partial charge in [0, 0.05) is 31.7 Å². The number of nitrogens with zero attached hydrogens (tertiary/aromatic N) is 2. The Hall–Kier alpha value is -4.21. The first-order valence-corrected chi connectivity index (χ1v) is 12.7. The molecule has 0 aliphatic carbocycles. The van der Waals surface area contributed by atoms with E-state index in [2.05, 4.69) is 4.90 Å². The van der Waals surface area contributed by atoms with E-state index >= 15 is 0 Å². The number of hydrogen-bond donors (Lipinski definition) is 1. The van der Waals surface area contributed by atoms with Crippen LogP contribution < -0.4 is 9.47 Å². The Morgan fingerprint density at radius 2 is 1.72 bits per heavy atom. The minimum Gasteiger partial charge on any atom is -0.507 e. The van der Waals surface area contributed by atoms with Gasteiger partial charge in [-0.15, -0.1) is 0 Å². The van der Waals surface area contributed by atoms with Gasteiger partial charge in [-0.2, -0.15) is 0 Å². The Labute approximate surface area is 225 Å². The summed E-state index contributed by atoms with van der Waals surface area (Å²) in [6.45, 7) is 3.44. The molecule has 9 heteroatoms. The largest absolute Gasteiger partial charge is 0.507 e. The minimum atomic E-state index is -0.893. The highest BCUT2D eigenvalue weighted by Crippen LogP contribution is 2.41. The predicted molar refractivity (Wildman–Crippen MR) is 142 cm³/mol. The van der Waals surface area contributed by atoms with E-state index in [1.807, 2.05) is 30.3 Å². The lowest BCUT2D eigenvalue weighted by molar-refractivity contribution is -0.140. The lowest BCUT2D eigenvalue weighted by atomic mass is 9.95. The van der Waals surface area contributed by atoms with Gasteiger partial charge in [-0.3, -0.25) is 14.5 Å². The van der Waals surface area contributed by atoms with Crippen LogP contribution in [0.5, 0.6) is 17.2 Å². The van der Waals surface area contributed by atoms with Crippen LogP contribution in [0.1, 0.15) is 17.2 Å². The van der Waals surface area contributed by atoms with Crippen molar-refractivity contribution in [1.29, 1.82) is 0 Å². The molecule has 1 unspecified atom stereocenters. The van der Waals surface area contributed by atoms with Gasteiger partial charge in [0.1, 0.15) is 17.3 Å². The lowest BCUT2D eigenvalue weighted by Crippen LogP contribution is -2.42. The molecule has 2 aliphatic rings. The maximum atomic E-state index is 14.5. The molecule has 2 heterocycles. The van der Waals surface area contributed by atoms with Crippen molar-refractivity contribution in [3.8, 4) is 17.2 Å². The number of likely N-dealkylation sites (tertiary alicyclic amines) is 1. The van der Waals surface area contributed by atoms with Gasteiger partial charge in [0.25, 0.3) is 11.7 Å². The lowest BCUT2D eigenvalue weighted by Gasteiger charge is -2.31. The van der Waals surface area contributed by atoms with E-state index in [4.69, 9.17) is 14.2 Å². The van der Waals surface area contributed by atoms with Gasteiger partial charge >= 0.3 is 0 Å². The second-order valence-electron chi connectivity index (χ2n) is 9.28. The van der Waals surface area contributed by atoms with Crippen LogP contribution >= 0.6 is 0 Å². The van der Waals surface area contributed by atoms with Crippen LogP contribution in [-0.4, -0.2) is 73.1 Å². The maximum absolute atomic E-state index is 14.5. The van der Waals surface area contributed by atoms with Crippen molar-refractivity contribution in [2.75, 3.05) is 46.5 Å². The molecule has 0 spiro atoms. The predicted octanol–water partition coefficient (Wildman–Crippen LogP) is 4.38. The topological polar surface area (TPSA) is 88.5 Å². The molecule has 39 heavy (non-hydrogen) atoms. The van der Waals surface area contributed by atoms with Crippen molar-refractivity contribution >= 4 is 17.4 Å². The minimum absolute atomic E-state index is 0.000163. The third-order valence-corrected chi connectivity index (χ3v) is 6.88. The fourth-order valence-electron chi connectivity index (χ4n) is 4.87. The molecule has 0 bridgehead atoms. The molecule has 5 rings (SSSR count). The molecule has 2 fully saturated rings. The average Bonchev–Trinajstić information content (AvgIpc) is 3.22. The number of amides is 1. The third-order valence-electron chi connectivity index (χ3n) is 6.88. The van der Waals surface area contributed by atoms with E-state index in [1.54, 1.807) is 24.3 Å². The molecule has 2 saturated heterocycles. The highest BCUT2D eigenvalue weighted by molar-refractivity contribution is 6.46. The Morgan fingerprint density at radius 3 is 2.44 bits per heavy atom. The molecular weight excluding hydrogens is 503 g/mol. The highest BCUT2D eigenvalue weighted by Gasteiger charge is 2.46. The number of carbonyl (C=O) groups excluding carboxylic acids is 2. The van der Waals surface area contributed by atoms with Gasteiger partial charge in [0.05, 0.1) is 31.9 Å². The first-order valence-electron chi connectivity index (χ1n) is 12.7. The SMILES string of the molecule is COc1ccc(C(O)=C2C(=O)C(=O)N(CCN3CCOCC3)C2c2cccc(Oc3ccccc3)c2)cc1F. The normalized spacial score (nSPS) is 19.3. The second-order valence-corrected chi connectivity index (χ2v) is 9.28. The molecule has 3 aromatic carbocycles. The van der Waals surface area contributed by atoms with Crippen LogP contribution in [0.2, 0.25) is 0 Å². The van der Waals surface area contributed by atoms with Gasteiger partial charge in [-0.05, 0) is 48.0 Å². The number of ether oxygens (including phenoxy) is 3. The molecule has 202 valence electrons. The average molecular weight is 533 g/mol. The first-order chi connectivity index (χ1) is 19.0. The van der Waals surface area contributed by atoms with Crippen LogP contribution in [0.15, 0.2) is 78.4 Å². The van der Waals surface area contributed by atoms with Crippen molar-refractivity contribution < 1.29 is 33.3 Å². The molecule has 1 atom stereocenters. The van der Waals surface area contributed by atoms with E-state index in [0.29, 0.717) is 36.8 Å². The molecule has 2 aliphatic heterocycles. The summed E-state index contributed by atoms with van der Waals surface area (Å²) in [5, 5.41) is 11.3. The van der Waals surface area contributed by atoms with Crippen LogP contribution in [0.3, 0.4) is 0 Å². The number of para-hydroxylation sites is 1.